The van der Waals surface area contributed by atoms with Gasteiger partial charge in [-0.05, 0) is 61.0 Å². The smallest absolute Gasteiger partial charge is 0.274 e. The van der Waals surface area contributed by atoms with Gasteiger partial charge in [0.2, 0.25) is 0 Å². The number of anilines is 3. The zero-order valence-corrected chi connectivity index (χ0v) is 14.1. The Hall–Kier alpha value is -2.92. The average molecular weight is 356 g/mol. The molecule has 0 aliphatic heterocycles. The van der Waals surface area contributed by atoms with E-state index in [4.69, 9.17) is 11.6 Å². The van der Waals surface area contributed by atoms with Crippen molar-refractivity contribution >= 4 is 34.6 Å². The highest BCUT2D eigenvalue weighted by atomic mass is 35.5. The number of nitrogens with zero attached hydrogens (tertiary/aromatic N) is 1. The van der Waals surface area contributed by atoms with Crippen LogP contribution >= 0.6 is 11.6 Å². The summed E-state index contributed by atoms with van der Waals surface area (Å²) in [4.78, 5) is 16.3. The summed E-state index contributed by atoms with van der Waals surface area (Å²) in [6, 6.07) is 14.6. The number of aromatic nitrogens is 1. The van der Waals surface area contributed by atoms with Gasteiger partial charge >= 0.3 is 0 Å². The van der Waals surface area contributed by atoms with E-state index in [0.717, 1.165) is 16.9 Å². The van der Waals surface area contributed by atoms with Crippen molar-refractivity contribution in [2.24, 2.45) is 0 Å². The van der Waals surface area contributed by atoms with Crippen LogP contribution in [0.15, 0.2) is 60.8 Å². The van der Waals surface area contributed by atoms with Crippen LogP contribution in [0.3, 0.4) is 0 Å². The second kappa shape index (κ2) is 7.32. The molecule has 1 aromatic heterocycles. The van der Waals surface area contributed by atoms with Crippen molar-refractivity contribution in [2.75, 3.05) is 10.6 Å². The average Bonchev–Trinajstić information content (AvgIpc) is 2.58. The van der Waals surface area contributed by atoms with Crippen LogP contribution in [-0.4, -0.2) is 10.9 Å². The van der Waals surface area contributed by atoms with E-state index in [1.54, 1.807) is 30.5 Å². The van der Waals surface area contributed by atoms with Crippen molar-refractivity contribution in [1.82, 2.24) is 4.98 Å². The Labute approximate surface area is 149 Å². The standard InChI is InChI=1S/C19H15ClFN3O/c1-12-9-13(20)5-7-17(12)23-16-6-8-18(22-11-16)19(25)24-15-4-2-3-14(21)10-15/h2-11,23H,1H3,(H,24,25). The number of hydrogen-bond acceptors (Lipinski definition) is 3. The highest BCUT2D eigenvalue weighted by Crippen LogP contribution is 2.23. The Kier molecular flexibility index (Phi) is 4.95. The Morgan fingerprint density at radius 3 is 2.60 bits per heavy atom. The SMILES string of the molecule is Cc1cc(Cl)ccc1Nc1ccc(C(=O)Nc2cccc(F)c2)nc1. The zero-order chi connectivity index (χ0) is 17.8. The summed E-state index contributed by atoms with van der Waals surface area (Å²) in [7, 11) is 0. The third kappa shape index (κ3) is 4.33. The number of nitrogens with one attached hydrogen (secondary N) is 2. The molecule has 0 bridgehead atoms. The predicted molar refractivity (Wildman–Crippen MR) is 98.1 cm³/mol. The molecule has 4 nitrogen and oxygen atoms in total. The first-order valence-corrected chi connectivity index (χ1v) is 7.95. The Morgan fingerprint density at radius 2 is 1.92 bits per heavy atom. The lowest BCUT2D eigenvalue weighted by molar-refractivity contribution is 0.102. The van der Waals surface area contributed by atoms with Crippen LogP contribution in [0.2, 0.25) is 5.02 Å². The highest BCUT2D eigenvalue weighted by Gasteiger charge is 2.08. The molecule has 0 saturated carbocycles. The Morgan fingerprint density at radius 1 is 1.08 bits per heavy atom. The monoisotopic (exact) mass is 355 g/mol. The summed E-state index contributed by atoms with van der Waals surface area (Å²) >= 11 is 5.94. The summed E-state index contributed by atoms with van der Waals surface area (Å²) in [6.45, 7) is 1.95. The lowest BCUT2D eigenvalue weighted by atomic mass is 10.2. The van der Waals surface area contributed by atoms with Gasteiger partial charge in [0.1, 0.15) is 11.5 Å². The molecule has 0 aliphatic rings. The van der Waals surface area contributed by atoms with Crippen LogP contribution in [0.25, 0.3) is 0 Å². The second-order valence-corrected chi connectivity index (χ2v) is 5.92. The van der Waals surface area contributed by atoms with Crippen molar-refractivity contribution < 1.29 is 9.18 Å². The summed E-state index contributed by atoms with van der Waals surface area (Å²) in [5.74, 6) is -0.816. The van der Waals surface area contributed by atoms with E-state index >= 15 is 0 Å². The van der Waals surface area contributed by atoms with Gasteiger partial charge in [-0.2, -0.15) is 0 Å². The molecule has 0 spiro atoms. The molecule has 2 aromatic carbocycles. The molecule has 25 heavy (non-hydrogen) atoms. The third-order valence-electron chi connectivity index (χ3n) is 3.55. The number of carbonyl (C=O) groups is 1. The van der Waals surface area contributed by atoms with Crippen molar-refractivity contribution in [2.45, 2.75) is 6.92 Å². The largest absolute Gasteiger partial charge is 0.354 e. The van der Waals surface area contributed by atoms with E-state index in [9.17, 15) is 9.18 Å². The molecule has 0 fully saturated rings. The minimum Gasteiger partial charge on any atom is -0.354 e. The zero-order valence-electron chi connectivity index (χ0n) is 13.4. The number of halogens is 2. The van der Waals surface area contributed by atoms with E-state index in [1.807, 2.05) is 19.1 Å². The van der Waals surface area contributed by atoms with E-state index < -0.39 is 11.7 Å². The number of pyridine rings is 1. The second-order valence-electron chi connectivity index (χ2n) is 5.48. The predicted octanol–water partition coefficient (Wildman–Crippen LogP) is 5.18. The van der Waals surface area contributed by atoms with Crippen molar-refractivity contribution in [3.05, 3.63) is 82.9 Å². The van der Waals surface area contributed by atoms with Gasteiger partial charge in [0, 0.05) is 16.4 Å². The summed E-state index contributed by atoms with van der Waals surface area (Å²) < 4.78 is 13.2. The topological polar surface area (TPSA) is 54.0 Å². The van der Waals surface area contributed by atoms with Crippen LogP contribution in [0.5, 0.6) is 0 Å². The summed E-state index contributed by atoms with van der Waals surface area (Å²) in [5, 5.41) is 6.50. The van der Waals surface area contributed by atoms with Gasteiger partial charge in [0.05, 0.1) is 11.9 Å². The first-order chi connectivity index (χ1) is 12.0. The molecule has 6 heteroatoms. The molecule has 0 atom stereocenters. The van der Waals surface area contributed by atoms with Crippen LogP contribution in [0, 0.1) is 12.7 Å². The van der Waals surface area contributed by atoms with Crippen molar-refractivity contribution in [3.63, 3.8) is 0 Å². The lowest BCUT2D eigenvalue weighted by Crippen LogP contribution is -2.13. The number of amides is 1. The molecule has 0 radical (unpaired) electrons. The highest BCUT2D eigenvalue weighted by molar-refractivity contribution is 6.30. The molecule has 3 aromatic rings. The molecule has 0 saturated heterocycles. The molecule has 2 N–H and O–H groups in total. The van der Waals surface area contributed by atoms with E-state index in [1.165, 1.54) is 18.2 Å². The molecule has 0 aliphatic carbocycles. The fourth-order valence-electron chi connectivity index (χ4n) is 2.29. The van der Waals surface area contributed by atoms with E-state index in [-0.39, 0.29) is 5.69 Å². The molecule has 1 heterocycles. The molecular weight excluding hydrogens is 341 g/mol. The fourth-order valence-corrected chi connectivity index (χ4v) is 2.51. The quantitative estimate of drug-likeness (QED) is 0.678. The summed E-state index contributed by atoms with van der Waals surface area (Å²) in [5.41, 5.74) is 3.27. The van der Waals surface area contributed by atoms with Crippen molar-refractivity contribution in [3.8, 4) is 0 Å². The van der Waals surface area contributed by atoms with E-state index in [2.05, 4.69) is 15.6 Å². The van der Waals surface area contributed by atoms with Gasteiger partial charge in [0.15, 0.2) is 0 Å². The normalized spacial score (nSPS) is 10.4. The van der Waals surface area contributed by atoms with Crippen LogP contribution < -0.4 is 10.6 Å². The maximum absolute atomic E-state index is 13.2. The van der Waals surface area contributed by atoms with Gasteiger partial charge in [0.25, 0.3) is 5.91 Å². The summed E-state index contributed by atoms with van der Waals surface area (Å²) in [6.07, 6.45) is 1.56. The first kappa shape index (κ1) is 16.9. The molecular formula is C19H15ClFN3O. The Balaban J connectivity index is 1.70. The van der Waals surface area contributed by atoms with Gasteiger partial charge < -0.3 is 10.6 Å². The van der Waals surface area contributed by atoms with Gasteiger partial charge in [-0.1, -0.05) is 17.7 Å². The molecule has 0 unspecified atom stereocenters. The van der Waals surface area contributed by atoms with Crippen LogP contribution in [0.1, 0.15) is 16.1 Å². The lowest BCUT2D eigenvalue weighted by Gasteiger charge is -2.10. The van der Waals surface area contributed by atoms with Gasteiger partial charge in [-0.15, -0.1) is 0 Å². The molecule has 126 valence electrons. The third-order valence-corrected chi connectivity index (χ3v) is 3.78. The molecule has 1 amide bonds. The van der Waals surface area contributed by atoms with Gasteiger partial charge in [-0.25, -0.2) is 9.37 Å². The number of benzene rings is 2. The number of rotatable bonds is 4. The van der Waals surface area contributed by atoms with Gasteiger partial charge in [-0.3, -0.25) is 4.79 Å². The molecule has 3 rings (SSSR count). The van der Waals surface area contributed by atoms with Crippen molar-refractivity contribution in [1.29, 1.82) is 0 Å². The minimum atomic E-state index is -0.413. The maximum Gasteiger partial charge on any atom is 0.274 e. The van der Waals surface area contributed by atoms with E-state index in [0.29, 0.717) is 10.7 Å². The fraction of sp³-hybridized carbons (Fsp3) is 0.0526. The number of aryl methyl sites for hydroxylation is 1. The number of carbonyl (C=O) groups excluding carboxylic acids is 1. The minimum absolute atomic E-state index is 0.239. The van der Waals surface area contributed by atoms with Crippen LogP contribution in [-0.2, 0) is 0 Å². The maximum atomic E-state index is 13.2. The van der Waals surface area contributed by atoms with Crippen LogP contribution in [0.4, 0.5) is 21.5 Å². The Bertz CT molecular complexity index is 913. The first-order valence-electron chi connectivity index (χ1n) is 7.57. The number of hydrogen-bond donors (Lipinski definition) is 2.